The average molecular weight is 410 g/mol. The van der Waals surface area contributed by atoms with Crippen LogP contribution in [0.2, 0.25) is 0 Å². The van der Waals surface area contributed by atoms with Gasteiger partial charge in [0.2, 0.25) is 5.91 Å². The average Bonchev–Trinajstić information content (AvgIpc) is 2.77. The van der Waals surface area contributed by atoms with Gasteiger partial charge in [-0.3, -0.25) is 14.9 Å². The minimum Gasteiger partial charge on any atom is -0.465 e. The fourth-order valence-electron chi connectivity index (χ4n) is 2.57. The van der Waals surface area contributed by atoms with Gasteiger partial charge in [-0.1, -0.05) is 37.6 Å². The number of methoxy groups -OCH3 is 1. The van der Waals surface area contributed by atoms with Crippen LogP contribution in [0.15, 0.2) is 55.0 Å². The standard InChI is InChI=1S/C13H16N2O5.C8H6N2/c1-3-4-8-11(16)14-12-9(13(17)20-2)6-5-7-10(12)15(18)19;1-2-4-8-7(3-1)5-9-6-10-8/h5-7H,3-4,8H2,1-2H3,(H,14,16);1-6H. The lowest BCUT2D eigenvalue weighted by Gasteiger charge is -2.10. The molecule has 0 radical (unpaired) electrons. The molecule has 9 nitrogen and oxygen atoms in total. The van der Waals surface area contributed by atoms with Gasteiger partial charge in [0, 0.05) is 24.1 Å². The number of nitro groups is 1. The van der Waals surface area contributed by atoms with Crippen molar-refractivity contribution in [2.75, 3.05) is 12.4 Å². The second-order valence-corrected chi connectivity index (χ2v) is 6.18. The van der Waals surface area contributed by atoms with Crippen LogP contribution in [0.25, 0.3) is 10.9 Å². The summed E-state index contributed by atoms with van der Waals surface area (Å²) in [5.41, 5.74) is 0.507. The fraction of sp³-hybridized carbons (Fsp3) is 0.238. The first kappa shape index (κ1) is 22.4. The lowest BCUT2D eigenvalue weighted by molar-refractivity contribution is -0.384. The first-order valence-corrected chi connectivity index (χ1v) is 9.28. The van der Waals surface area contributed by atoms with Crippen molar-refractivity contribution in [3.63, 3.8) is 0 Å². The molecule has 0 aliphatic carbocycles. The summed E-state index contributed by atoms with van der Waals surface area (Å²) in [5, 5.41) is 14.5. The van der Waals surface area contributed by atoms with Gasteiger partial charge in [0.05, 0.1) is 23.1 Å². The summed E-state index contributed by atoms with van der Waals surface area (Å²) < 4.78 is 4.56. The lowest BCUT2D eigenvalue weighted by atomic mass is 10.1. The second-order valence-electron chi connectivity index (χ2n) is 6.18. The van der Waals surface area contributed by atoms with E-state index in [1.165, 1.54) is 25.3 Å². The zero-order valence-electron chi connectivity index (χ0n) is 16.7. The summed E-state index contributed by atoms with van der Waals surface area (Å²) >= 11 is 0. The number of carbonyl (C=O) groups excluding carboxylic acids is 2. The largest absolute Gasteiger partial charge is 0.465 e. The highest BCUT2D eigenvalue weighted by Crippen LogP contribution is 2.29. The van der Waals surface area contributed by atoms with Crippen molar-refractivity contribution < 1.29 is 19.2 Å². The highest BCUT2D eigenvalue weighted by Gasteiger charge is 2.23. The molecule has 2 aromatic carbocycles. The molecule has 3 aromatic rings. The number of benzene rings is 2. The number of amides is 1. The minimum absolute atomic E-state index is 0.0356. The van der Waals surface area contributed by atoms with Crippen LogP contribution < -0.4 is 5.32 Å². The van der Waals surface area contributed by atoms with Crippen molar-refractivity contribution in [3.05, 3.63) is 70.7 Å². The van der Waals surface area contributed by atoms with Crippen molar-refractivity contribution in [1.29, 1.82) is 0 Å². The monoisotopic (exact) mass is 410 g/mol. The highest BCUT2D eigenvalue weighted by molar-refractivity contribution is 6.03. The summed E-state index contributed by atoms with van der Waals surface area (Å²) in [6.07, 6.45) is 5.10. The summed E-state index contributed by atoms with van der Waals surface area (Å²) in [6.45, 7) is 1.93. The second kappa shape index (κ2) is 11.2. The number of para-hydroxylation sites is 2. The first-order chi connectivity index (χ1) is 14.5. The molecule has 0 aliphatic heterocycles. The number of hydrogen-bond acceptors (Lipinski definition) is 7. The molecule has 0 atom stereocenters. The van der Waals surface area contributed by atoms with Crippen LogP contribution in [0.3, 0.4) is 0 Å². The Morgan fingerprint density at radius 2 is 1.93 bits per heavy atom. The number of ether oxygens (including phenoxy) is 1. The number of aromatic nitrogens is 2. The topological polar surface area (TPSA) is 124 Å². The smallest absolute Gasteiger partial charge is 0.340 e. The summed E-state index contributed by atoms with van der Waals surface area (Å²) in [4.78, 5) is 41.6. The molecule has 3 rings (SSSR count). The van der Waals surface area contributed by atoms with E-state index in [0.29, 0.717) is 6.42 Å². The molecule has 0 unspecified atom stereocenters. The van der Waals surface area contributed by atoms with E-state index in [-0.39, 0.29) is 29.3 Å². The number of nitrogens with zero attached hydrogens (tertiary/aromatic N) is 3. The van der Waals surface area contributed by atoms with Gasteiger partial charge < -0.3 is 10.1 Å². The number of anilines is 1. The van der Waals surface area contributed by atoms with Crippen molar-refractivity contribution in [3.8, 4) is 0 Å². The number of rotatable bonds is 6. The molecule has 9 heteroatoms. The predicted molar refractivity (Wildman–Crippen MR) is 112 cm³/mol. The SMILES string of the molecule is CCCCC(=O)Nc1c(C(=O)OC)cccc1[N+](=O)[O-].c1ccc2ncncc2c1. The maximum absolute atomic E-state index is 11.7. The zero-order valence-corrected chi connectivity index (χ0v) is 16.7. The number of unbranched alkanes of at least 4 members (excludes halogenated alkanes) is 1. The Labute approximate surface area is 173 Å². The molecular weight excluding hydrogens is 388 g/mol. The Hall–Kier alpha value is -3.88. The molecule has 0 saturated heterocycles. The normalized spacial score (nSPS) is 9.93. The third-order valence-electron chi connectivity index (χ3n) is 4.08. The third-order valence-corrected chi connectivity index (χ3v) is 4.08. The van der Waals surface area contributed by atoms with Crippen molar-refractivity contribution in [2.45, 2.75) is 26.2 Å². The highest BCUT2D eigenvalue weighted by atomic mass is 16.6. The van der Waals surface area contributed by atoms with Crippen molar-refractivity contribution >= 4 is 34.2 Å². The van der Waals surface area contributed by atoms with Crippen LogP contribution in [-0.4, -0.2) is 33.9 Å². The van der Waals surface area contributed by atoms with Gasteiger partial charge in [-0.15, -0.1) is 0 Å². The van der Waals surface area contributed by atoms with Crippen molar-refractivity contribution in [1.82, 2.24) is 9.97 Å². The van der Waals surface area contributed by atoms with Gasteiger partial charge in [0.15, 0.2) is 0 Å². The molecule has 0 saturated carbocycles. The zero-order chi connectivity index (χ0) is 21.9. The maximum atomic E-state index is 11.7. The molecule has 30 heavy (non-hydrogen) atoms. The van der Waals surface area contributed by atoms with E-state index in [4.69, 9.17) is 0 Å². The Bertz CT molecular complexity index is 973. The number of fused-ring (bicyclic) bond motifs is 1. The first-order valence-electron chi connectivity index (χ1n) is 9.28. The molecule has 1 amide bonds. The van der Waals surface area contributed by atoms with Gasteiger partial charge in [-0.05, 0) is 18.6 Å². The summed E-state index contributed by atoms with van der Waals surface area (Å²) in [6, 6.07) is 11.9. The minimum atomic E-state index is -0.737. The van der Waals surface area contributed by atoms with Gasteiger partial charge in [0.1, 0.15) is 12.0 Å². The maximum Gasteiger partial charge on any atom is 0.340 e. The molecule has 156 valence electrons. The molecule has 1 N–H and O–H groups in total. The van der Waals surface area contributed by atoms with E-state index in [1.807, 2.05) is 37.4 Å². The Balaban J connectivity index is 0.000000263. The van der Waals surface area contributed by atoms with E-state index in [9.17, 15) is 19.7 Å². The third kappa shape index (κ3) is 6.06. The van der Waals surface area contributed by atoms with Crippen LogP contribution in [0, 0.1) is 10.1 Å². The van der Waals surface area contributed by atoms with Crippen LogP contribution in [0.1, 0.15) is 36.5 Å². The van der Waals surface area contributed by atoms with Crippen LogP contribution in [0.4, 0.5) is 11.4 Å². The predicted octanol–water partition coefficient (Wildman–Crippen LogP) is 4.14. The molecule has 1 heterocycles. The molecular formula is C21H22N4O5. The fourth-order valence-corrected chi connectivity index (χ4v) is 2.57. The Morgan fingerprint density at radius 1 is 1.17 bits per heavy atom. The van der Waals surface area contributed by atoms with E-state index >= 15 is 0 Å². The Kier molecular flexibility index (Phi) is 8.37. The van der Waals surface area contributed by atoms with E-state index < -0.39 is 10.9 Å². The van der Waals surface area contributed by atoms with E-state index in [0.717, 1.165) is 17.3 Å². The van der Waals surface area contributed by atoms with Gasteiger partial charge in [0.25, 0.3) is 5.69 Å². The van der Waals surface area contributed by atoms with Crippen molar-refractivity contribution in [2.24, 2.45) is 0 Å². The van der Waals surface area contributed by atoms with Gasteiger partial charge in [-0.2, -0.15) is 0 Å². The lowest BCUT2D eigenvalue weighted by Crippen LogP contribution is -2.16. The number of carbonyl (C=O) groups is 2. The molecule has 0 bridgehead atoms. The number of nitro benzene ring substituents is 1. The van der Waals surface area contributed by atoms with Gasteiger partial charge in [-0.25, -0.2) is 14.8 Å². The molecule has 0 fully saturated rings. The number of esters is 1. The van der Waals surface area contributed by atoms with E-state index in [2.05, 4.69) is 20.0 Å². The van der Waals surface area contributed by atoms with Gasteiger partial charge >= 0.3 is 5.97 Å². The van der Waals surface area contributed by atoms with E-state index in [1.54, 1.807) is 6.33 Å². The molecule has 0 aliphatic rings. The molecule has 1 aromatic heterocycles. The Morgan fingerprint density at radius 3 is 2.60 bits per heavy atom. The van der Waals surface area contributed by atoms with Crippen LogP contribution >= 0.6 is 0 Å². The van der Waals surface area contributed by atoms with Crippen LogP contribution in [-0.2, 0) is 9.53 Å². The summed E-state index contributed by atoms with van der Waals surface area (Å²) in [5.74, 6) is -1.11. The summed E-state index contributed by atoms with van der Waals surface area (Å²) in [7, 11) is 1.17. The van der Waals surface area contributed by atoms with Crippen LogP contribution in [0.5, 0.6) is 0 Å². The molecule has 0 spiro atoms. The number of nitrogens with one attached hydrogen (secondary N) is 1. The quantitative estimate of drug-likeness (QED) is 0.368. The number of hydrogen-bond donors (Lipinski definition) is 1.